The summed E-state index contributed by atoms with van der Waals surface area (Å²) in [7, 11) is 0. The number of rotatable bonds is 6. The van der Waals surface area contributed by atoms with Gasteiger partial charge in [0.2, 0.25) is 0 Å². The lowest BCUT2D eigenvalue weighted by molar-refractivity contribution is -0.136. The van der Waals surface area contributed by atoms with Crippen LogP contribution >= 0.6 is 11.8 Å². The molecule has 0 saturated carbocycles. The zero-order valence-corrected chi connectivity index (χ0v) is 11.0. The third kappa shape index (κ3) is 4.30. The Morgan fingerprint density at radius 3 is 2.82 bits per heavy atom. The van der Waals surface area contributed by atoms with Crippen molar-refractivity contribution in [3.8, 4) is 5.75 Å². The fraction of sp³-hybridized carbons (Fsp3) is 0.462. The number of carbonyl (C=O) groups is 1. The van der Waals surface area contributed by atoms with Crippen LogP contribution in [0.5, 0.6) is 5.75 Å². The molecular formula is C13H18O3S. The standard InChI is InChI=1S/C13H18O3S/c1-9-5-3-6-11(12(9)14)7-4-8-17-10(2)13(15)16/h3,5-6,10,14H,4,7-8H2,1-2H3,(H,15,16). The van der Waals surface area contributed by atoms with Crippen molar-refractivity contribution in [3.05, 3.63) is 29.3 Å². The van der Waals surface area contributed by atoms with Gasteiger partial charge >= 0.3 is 5.97 Å². The average molecular weight is 254 g/mol. The van der Waals surface area contributed by atoms with E-state index in [1.165, 1.54) is 11.8 Å². The summed E-state index contributed by atoms with van der Waals surface area (Å²) < 4.78 is 0. The van der Waals surface area contributed by atoms with Gasteiger partial charge in [0.15, 0.2) is 0 Å². The molecule has 0 spiro atoms. The molecule has 1 rings (SSSR count). The number of hydrogen-bond donors (Lipinski definition) is 2. The summed E-state index contributed by atoms with van der Waals surface area (Å²) in [6.07, 6.45) is 1.66. The van der Waals surface area contributed by atoms with Crippen LogP contribution < -0.4 is 0 Å². The van der Waals surface area contributed by atoms with Crippen molar-refractivity contribution in [2.45, 2.75) is 31.9 Å². The van der Waals surface area contributed by atoms with Crippen molar-refractivity contribution < 1.29 is 15.0 Å². The molecule has 0 aliphatic carbocycles. The molecule has 0 fully saturated rings. The zero-order chi connectivity index (χ0) is 12.8. The van der Waals surface area contributed by atoms with Crippen molar-refractivity contribution in [2.24, 2.45) is 0 Å². The maximum atomic E-state index is 10.6. The first-order chi connectivity index (χ1) is 8.02. The Morgan fingerprint density at radius 2 is 2.18 bits per heavy atom. The topological polar surface area (TPSA) is 57.5 Å². The minimum Gasteiger partial charge on any atom is -0.507 e. The quantitative estimate of drug-likeness (QED) is 0.766. The summed E-state index contributed by atoms with van der Waals surface area (Å²) >= 11 is 1.43. The molecule has 0 radical (unpaired) electrons. The van der Waals surface area contributed by atoms with Gasteiger partial charge in [-0.25, -0.2) is 0 Å². The molecule has 2 N–H and O–H groups in total. The Balaban J connectivity index is 2.36. The van der Waals surface area contributed by atoms with Gasteiger partial charge in [0.05, 0.1) is 5.25 Å². The maximum absolute atomic E-state index is 10.6. The van der Waals surface area contributed by atoms with E-state index in [1.54, 1.807) is 6.92 Å². The van der Waals surface area contributed by atoms with Crippen LogP contribution in [0, 0.1) is 6.92 Å². The number of carboxylic acid groups (broad SMARTS) is 1. The van der Waals surface area contributed by atoms with Crippen LogP contribution in [0.2, 0.25) is 0 Å². The third-order valence-corrected chi connectivity index (χ3v) is 3.85. The highest BCUT2D eigenvalue weighted by Gasteiger charge is 2.10. The van der Waals surface area contributed by atoms with E-state index in [2.05, 4.69) is 0 Å². The van der Waals surface area contributed by atoms with Crippen molar-refractivity contribution >= 4 is 17.7 Å². The highest BCUT2D eigenvalue weighted by atomic mass is 32.2. The monoisotopic (exact) mass is 254 g/mol. The van der Waals surface area contributed by atoms with Gasteiger partial charge in [-0.3, -0.25) is 4.79 Å². The highest BCUT2D eigenvalue weighted by molar-refractivity contribution is 8.00. The van der Waals surface area contributed by atoms with Gasteiger partial charge in [0.25, 0.3) is 0 Å². The SMILES string of the molecule is Cc1cccc(CCCSC(C)C(=O)O)c1O. The Labute approximate surface area is 106 Å². The van der Waals surface area contributed by atoms with Crippen LogP contribution in [0.15, 0.2) is 18.2 Å². The second kappa shape index (κ2) is 6.55. The van der Waals surface area contributed by atoms with Crippen LogP contribution in [-0.2, 0) is 11.2 Å². The number of thioether (sulfide) groups is 1. The highest BCUT2D eigenvalue weighted by Crippen LogP contribution is 2.23. The molecule has 94 valence electrons. The van der Waals surface area contributed by atoms with Crippen molar-refractivity contribution in [1.29, 1.82) is 0 Å². The number of hydrogen-bond acceptors (Lipinski definition) is 3. The van der Waals surface area contributed by atoms with Crippen molar-refractivity contribution in [2.75, 3.05) is 5.75 Å². The second-order valence-corrected chi connectivity index (χ2v) is 5.49. The van der Waals surface area contributed by atoms with Gasteiger partial charge in [-0.1, -0.05) is 18.2 Å². The normalized spacial score (nSPS) is 12.4. The van der Waals surface area contributed by atoms with Crippen LogP contribution in [-0.4, -0.2) is 27.2 Å². The Morgan fingerprint density at radius 1 is 1.47 bits per heavy atom. The summed E-state index contributed by atoms with van der Waals surface area (Å²) in [5.41, 5.74) is 1.82. The van der Waals surface area contributed by atoms with E-state index < -0.39 is 5.97 Å². The zero-order valence-electron chi connectivity index (χ0n) is 10.1. The summed E-state index contributed by atoms with van der Waals surface area (Å²) in [6.45, 7) is 3.57. The van der Waals surface area contributed by atoms with Crippen molar-refractivity contribution in [3.63, 3.8) is 0 Å². The molecule has 17 heavy (non-hydrogen) atoms. The van der Waals surface area contributed by atoms with E-state index >= 15 is 0 Å². The number of aromatic hydroxyl groups is 1. The van der Waals surface area contributed by atoms with E-state index in [4.69, 9.17) is 5.11 Å². The Bertz CT molecular complexity index is 390. The largest absolute Gasteiger partial charge is 0.507 e. The molecule has 1 aromatic carbocycles. The Kier molecular flexibility index (Phi) is 5.35. The summed E-state index contributed by atoms with van der Waals surface area (Å²) in [5.74, 6) is 0.387. The van der Waals surface area contributed by atoms with Gasteiger partial charge in [-0.05, 0) is 43.6 Å². The van der Waals surface area contributed by atoms with Gasteiger partial charge < -0.3 is 10.2 Å². The molecule has 0 heterocycles. The lowest BCUT2D eigenvalue weighted by Crippen LogP contribution is -2.12. The fourth-order valence-corrected chi connectivity index (χ4v) is 2.32. The molecule has 0 aliphatic heterocycles. The van der Waals surface area contributed by atoms with Crippen molar-refractivity contribution in [1.82, 2.24) is 0 Å². The molecule has 0 saturated heterocycles. The van der Waals surface area contributed by atoms with Gasteiger partial charge in [0.1, 0.15) is 5.75 Å². The van der Waals surface area contributed by atoms with Gasteiger partial charge in [0, 0.05) is 0 Å². The molecule has 1 atom stereocenters. The van der Waals surface area contributed by atoms with E-state index in [0.717, 1.165) is 29.7 Å². The number of aryl methyl sites for hydroxylation is 2. The number of phenolic OH excluding ortho intramolecular Hbond substituents is 1. The van der Waals surface area contributed by atoms with Gasteiger partial charge in [-0.2, -0.15) is 0 Å². The minimum atomic E-state index is -0.770. The fourth-order valence-electron chi connectivity index (χ4n) is 1.52. The van der Waals surface area contributed by atoms with Crippen LogP contribution in [0.1, 0.15) is 24.5 Å². The Hall–Kier alpha value is -1.16. The predicted octanol–water partition coefficient (Wildman–Crippen LogP) is 2.84. The third-order valence-electron chi connectivity index (χ3n) is 2.63. The molecule has 0 aromatic heterocycles. The number of phenols is 1. The molecular weight excluding hydrogens is 236 g/mol. The lowest BCUT2D eigenvalue weighted by atomic mass is 10.1. The second-order valence-electron chi connectivity index (χ2n) is 4.04. The summed E-state index contributed by atoms with van der Waals surface area (Å²) in [6, 6.07) is 5.71. The van der Waals surface area contributed by atoms with Crippen LogP contribution in [0.3, 0.4) is 0 Å². The number of aliphatic carboxylic acids is 1. The molecule has 0 aliphatic rings. The summed E-state index contributed by atoms with van der Waals surface area (Å²) in [4.78, 5) is 10.6. The molecule has 0 amide bonds. The molecule has 0 bridgehead atoms. The molecule has 4 heteroatoms. The predicted molar refractivity (Wildman–Crippen MR) is 70.7 cm³/mol. The van der Waals surface area contributed by atoms with E-state index in [-0.39, 0.29) is 5.25 Å². The van der Waals surface area contributed by atoms with Crippen LogP contribution in [0.25, 0.3) is 0 Å². The molecule has 1 aromatic rings. The van der Waals surface area contributed by atoms with E-state index in [9.17, 15) is 9.90 Å². The summed E-state index contributed by atoms with van der Waals surface area (Å²) in [5, 5.41) is 18.2. The van der Waals surface area contributed by atoms with E-state index in [0.29, 0.717) is 5.75 Å². The molecule has 1 unspecified atom stereocenters. The first-order valence-corrected chi connectivity index (χ1v) is 6.69. The smallest absolute Gasteiger partial charge is 0.316 e. The minimum absolute atomic E-state index is 0.360. The first kappa shape index (κ1) is 13.9. The number of benzene rings is 1. The maximum Gasteiger partial charge on any atom is 0.316 e. The first-order valence-electron chi connectivity index (χ1n) is 5.64. The van der Waals surface area contributed by atoms with Crippen LogP contribution in [0.4, 0.5) is 0 Å². The lowest BCUT2D eigenvalue weighted by Gasteiger charge is -2.08. The van der Waals surface area contributed by atoms with Gasteiger partial charge in [-0.15, -0.1) is 11.8 Å². The average Bonchev–Trinajstić information content (AvgIpc) is 2.29. The molecule has 3 nitrogen and oxygen atoms in total. The number of carboxylic acids is 1. The number of para-hydroxylation sites is 1. The van der Waals surface area contributed by atoms with E-state index in [1.807, 2.05) is 25.1 Å².